The first-order valence-corrected chi connectivity index (χ1v) is 10.6. The monoisotopic (exact) mass is 259 g/mol. The van der Waals surface area contributed by atoms with Gasteiger partial charge in [0.25, 0.3) is 0 Å². The van der Waals surface area contributed by atoms with Crippen LogP contribution in [0.1, 0.15) is 79.1 Å². The van der Waals surface area contributed by atoms with Crippen LogP contribution >= 0.6 is 7.26 Å². The van der Waals surface area contributed by atoms with Crippen LogP contribution in [-0.4, -0.2) is 24.6 Å². The van der Waals surface area contributed by atoms with E-state index in [-0.39, 0.29) is 0 Å². The molecular weight excluding hydrogens is 223 g/mol. The third-order valence-electron chi connectivity index (χ3n) is 4.31. The van der Waals surface area contributed by atoms with E-state index < -0.39 is 7.26 Å². The Morgan fingerprint density at radius 2 is 0.941 bits per heavy atom. The van der Waals surface area contributed by atoms with Gasteiger partial charge in [0.15, 0.2) is 0 Å². The van der Waals surface area contributed by atoms with Gasteiger partial charge in [-0.05, 0) is 39.5 Å². The molecule has 0 aromatic carbocycles. The van der Waals surface area contributed by atoms with Crippen molar-refractivity contribution in [1.82, 2.24) is 0 Å². The highest BCUT2D eigenvalue weighted by atomic mass is 31.2. The zero-order valence-electron chi connectivity index (χ0n) is 12.9. The average molecular weight is 259 g/mol. The molecule has 0 radical (unpaired) electrons. The molecule has 0 atom stereocenters. The molecule has 0 aliphatic carbocycles. The van der Waals surface area contributed by atoms with E-state index in [0.717, 1.165) is 0 Å². The van der Waals surface area contributed by atoms with Crippen LogP contribution in [0.15, 0.2) is 0 Å². The van der Waals surface area contributed by atoms with Crippen molar-refractivity contribution in [3.05, 3.63) is 0 Å². The maximum Gasteiger partial charge on any atom is 0.0594 e. The summed E-state index contributed by atoms with van der Waals surface area (Å²) in [6.45, 7) is 9.54. The molecular formula is C16H36P+. The molecule has 0 aliphatic heterocycles. The van der Waals surface area contributed by atoms with Gasteiger partial charge in [-0.3, -0.25) is 0 Å². The lowest BCUT2D eigenvalue weighted by Gasteiger charge is -2.25. The van der Waals surface area contributed by atoms with Gasteiger partial charge in [0.2, 0.25) is 0 Å². The van der Waals surface area contributed by atoms with E-state index in [1.54, 1.807) is 12.3 Å². The molecule has 17 heavy (non-hydrogen) atoms. The topological polar surface area (TPSA) is 0 Å². The summed E-state index contributed by atoms with van der Waals surface area (Å²) in [5.74, 6) is 0. The van der Waals surface area contributed by atoms with Gasteiger partial charge in [-0.1, -0.05) is 39.5 Å². The molecule has 1 heteroatoms. The van der Waals surface area contributed by atoms with Crippen molar-refractivity contribution in [2.45, 2.75) is 79.1 Å². The Morgan fingerprint density at radius 1 is 0.529 bits per heavy atom. The SMILES string of the molecule is CCCCCC[P+](CC)(CC)CCCCCC. The third-order valence-corrected chi connectivity index (χ3v) is 9.53. The van der Waals surface area contributed by atoms with E-state index in [0.29, 0.717) is 0 Å². The standard InChI is InChI=1S/C16H36P/c1-5-9-11-13-15-17(7-3,8-4)16-14-12-10-6-2/h5-16H2,1-4H3/q+1. The predicted octanol–water partition coefficient (Wildman–Crippen LogP) is 6.20. The largest absolute Gasteiger partial charge is 0.0654 e. The molecule has 0 saturated heterocycles. The van der Waals surface area contributed by atoms with Crippen molar-refractivity contribution in [3.63, 3.8) is 0 Å². The number of rotatable bonds is 12. The number of hydrogen-bond donors (Lipinski definition) is 0. The van der Waals surface area contributed by atoms with E-state index >= 15 is 0 Å². The fraction of sp³-hybridized carbons (Fsp3) is 1.00. The molecule has 0 rings (SSSR count). The Hall–Kier alpha value is 0.430. The molecule has 0 heterocycles. The van der Waals surface area contributed by atoms with Gasteiger partial charge >= 0.3 is 0 Å². The summed E-state index contributed by atoms with van der Waals surface area (Å²) in [6, 6.07) is 0. The molecule has 0 N–H and O–H groups in total. The minimum atomic E-state index is -0.538. The summed E-state index contributed by atoms with van der Waals surface area (Å²) in [5.41, 5.74) is 0. The van der Waals surface area contributed by atoms with Gasteiger partial charge in [0.05, 0.1) is 24.6 Å². The van der Waals surface area contributed by atoms with Crippen LogP contribution < -0.4 is 0 Å². The van der Waals surface area contributed by atoms with Crippen molar-refractivity contribution in [1.29, 1.82) is 0 Å². The Bertz CT molecular complexity index is 136. The average Bonchev–Trinajstić information content (AvgIpc) is 2.37. The molecule has 0 aromatic rings. The first-order chi connectivity index (χ1) is 8.24. The minimum Gasteiger partial charge on any atom is -0.0654 e. The third kappa shape index (κ3) is 8.20. The smallest absolute Gasteiger partial charge is 0.0594 e. The number of unbranched alkanes of at least 4 members (excludes halogenated alkanes) is 6. The summed E-state index contributed by atoms with van der Waals surface area (Å²) >= 11 is 0. The summed E-state index contributed by atoms with van der Waals surface area (Å²) in [6.07, 6.45) is 17.8. The van der Waals surface area contributed by atoms with E-state index in [2.05, 4.69) is 27.7 Å². The Labute approximate surface area is 111 Å². The molecule has 0 amide bonds. The lowest BCUT2D eigenvalue weighted by atomic mass is 10.2. The Morgan fingerprint density at radius 3 is 1.24 bits per heavy atom. The van der Waals surface area contributed by atoms with E-state index in [9.17, 15) is 0 Å². The van der Waals surface area contributed by atoms with Gasteiger partial charge in [-0.2, -0.15) is 0 Å². The van der Waals surface area contributed by atoms with E-state index in [1.807, 2.05) is 0 Å². The fourth-order valence-electron chi connectivity index (χ4n) is 2.72. The van der Waals surface area contributed by atoms with Gasteiger partial charge in [-0.15, -0.1) is 0 Å². The van der Waals surface area contributed by atoms with Crippen molar-refractivity contribution in [2.24, 2.45) is 0 Å². The highest BCUT2D eigenvalue weighted by Gasteiger charge is 2.31. The quantitative estimate of drug-likeness (QED) is 0.289. The molecule has 104 valence electrons. The van der Waals surface area contributed by atoms with Crippen molar-refractivity contribution in [3.8, 4) is 0 Å². The van der Waals surface area contributed by atoms with Crippen molar-refractivity contribution in [2.75, 3.05) is 24.6 Å². The molecule has 0 saturated carbocycles. The van der Waals surface area contributed by atoms with Crippen LogP contribution in [0.5, 0.6) is 0 Å². The highest BCUT2D eigenvalue weighted by molar-refractivity contribution is 7.75. The van der Waals surface area contributed by atoms with Gasteiger partial charge in [0, 0.05) is 7.26 Å². The molecule has 0 fully saturated rings. The molecule has 0 spiro atoms. The molecule has 0 aromatic heterocycles. The van der Waals surface area contributed by atoms with Crippen LogP contribution in [-0.2, 0) is 0 Å². The van der Waals surface area contributed by atoms with Gasteiger partial charge in [-0.25, -0.2) is 0 Å². The van der Waals surface area contributed by atoms with Crippen LogP contribution in [0.2, 0.25) is 0 Å². The summed E-state index contributed by atoms with van der Waals surface area (Å²) in [5, 5.41) is 0. The molecule has 0 aliphatic rings. The second kappa shape index (κ2) is 11.5. The maximum absolute atomic E-state index is 2.46. The summed E-state index contributed by atoms with van der Waals surface area (Å²) < 4.78 is 0. The molecule has 0 unspecified atom stereocenters. The van der Waals surface area contributed by atoms with Crippen LogP contribution in [0.25, 0.3) is 0 Å². The summed E-state index contributed by atoms with van der Waals surface area (Å²) in [4.78, 5) is 0. The fourth-order valence-corrected chi connectivity index (χ4v) is 6.44. The zero-order valence-corrected chi connectivity index (χ0v) is 13.8. The van der Waals surface area contributed by atoms with Crippen molar-refractivity contribution >= 4 is 7.26 Å². The van der Waals surface area contributed by atoms with Crippen molar-refractivity contribution < 1.29 is 0 Å². The predicted molar refractivity (Wildman–Crippen MR) is 86.0 cm³/mol. The first-order valence-electron chi connectivity index (χ1n) is 8.09. The Balaban J connectivity index is 3.88. The second-order valence-corrected chi connectivity index (χ2v) is 10.4. The van der Waals surface area contributed by atoms with Gasteiger partial charge in [0.1, 0.15) is 0 Å². The van der Waals surface area contributed by atoms with Crippen LogP contribution in [0, 0.1) is 0 Å². The molecule has 0 nitrogen and oxygen atoms in total. The van der Waals surface area contributed by atoms with E-state index in [4.69, 9.17) is 0 Å². The Kier molecular flexibility index (Phi) is 11.8. The van der Waals surface area contributed by atoms with Crippen LogP contribution in [0.4, 0.5) is 0 Å². The second-order valence-electron chi connectivity index (χ2n) is 5.54. The molecule has 0 bridgehead atoms. The van der Waals surface area contributed by atoms with E-state index in [1.165, 1.54) is 63.7 Å². The lowest BCUT2D eigenvalue weighted by molar-refractivity contribution is 0.692. The highest BCUT2D eigenvalue weighted by Crippen LogP contribution is 2.59. The van der Waals surface area contributed by atoms with Gasteiger partial charge < -0.3 is 0 Å². The normalized spacial score (nSPS) is 12.0. The zero-order chi connectivity index (χ0) is 13.0. The minimum absolute atomic E-state index is 0.538. The number of hydrogen-bond acceptors (Lipinski definition) is 0. The van der Waals surface area contributed by atoms with Crippen LogP contribution in [0.3, 0.4) is 0 Å². The maximum atomic E-state index is 2.46. The summed E-state index contributed by atoms with van der Waals surface area (Å²) in [7, 11) is -0.538. The lowest BCUT2D eigenvalue weighted by Crippen LogP contribution is -2.09. The first kappa shape index (κ1) is 17.4.